The van der Waals surface area contributed by atoms with Crippen LogP contribution in [0, 0.1) is 5.82 Å². The topological polar surface area (TPSA) is 95.6 Å². The summed E-state index contributed by atoms with van der Waals surface area (Å²) in [5.41, 5.74) is 2.14. The van der Waals surface area contributed by atoms with E-state index in [2.05, 4.69) is 40.1 Å². The molecule has 0 radical (unpaired) electrons. The van der Waals surface area contributed by atoms with Gasteiger partial charge in [0.15, 0.2) is 5.65 Å². The predicted molar refractivity (Wildman–Crippen MR) is 129 cm³/mol. The van der Waals surface area contributed by atoms with E-state index in [9.17, 15) is 9.18 Å². The molecule has 4 aromatic rings. The summed E-state index contributed by atoms with van der Waals surface area (Å²) in [5.74, 6) is -0.373. The van der Waals surface area contributed by atoms with Gasteiger partial charge in [0.25, 0.3) is 5.91 Å². The number of rotatable bonds is 9. The first-order valence-electron chi connectivity index (χ1n) is 10.8. The Labute approximate surface area is 197 Å². The van der Waals surface area contributed by atoms with Crippen molar-refractivity contribution in [1.29, 1.82) is 0 Å². The first kappa shape index (κ1) is 23.6. The molecule has 1 aromatic carbocycles. The van der Waals surface area contributed by atoms with Crippen LogP contribution in [0.15, 0.2) is 49.1 Å². The number of amides is 1. The number of carbonyl (C=O) groups excluding carboxylic acids is 1. The third kappa shape index (κ3) is 5.15. The van der Waals surface area contributed by atoms with E-state index in [0.717, 1.165) is 6.23 Å². The zero-order chi connectivity index (χ0) is 24.3. The summed E-state index contributed by atoms with van der Waals surface area (Å²) in [6.45, 7) is 7.54. The first-order valence-corrected chi connectivity index (χ1v) is 14.5. The van der Waals surface area contributed by atoms with Crippen molar-refractivity contribution in [2.45, 2.75) is 26.2 Å². The van der Waals surface area contributed by atoms with Crippen molar-refractivity contribution in [2.24, 2.45) is 0 Å². The van der Waals surface area contributed by atoms with E-state index in [4.69, 9.17) is 9.47 Å². The number of halogens is 1. The molecule has 178 valence electrons. The fourth-order valence-electron chi connectivity index (χ4n) is 3.50. The maximum Gasteiger partial charge on any atom is 0.261 e. The van der Waals surface area contributed by atoms with E-state index in [1.807, 2.05) is 0 Å². The van der Waals surface area contributed by atoms with Crippen molar-refractivity contribution in [2.75, 3.05) is 25.3 Å². The summed E-state index contributed by atoms with van der Waals surface area (Å²) in [6, 6.07) is 5.96. The van der Waals surface area contributed by atoms with Crippen LogP contribution in [0.3, 0.4) is 0 Å². The molecule has 0 spiro atoms. The van der Waals surface area contributed by atoms with Crippen LogP contribution in [-0.2, 0) is 11.3 Å². The van der Waals surface area contributed by atoms with Crippen molar-refractivity contribution in [3.05, 3.63) is 60.4 Å². The fraction of sp³-hybridized carbons (Fsp3) is 0.304. The molecule has 3 heterocycles. The zero-order valence-corrected chi connectivity index (χ0v) is 20.6. The van der Waals surface area contributed by atoms with Crippen molar-refractivity contribution in [3.8, 4) is 17.0 Å². The zero-order valence-electron chi connectivity index (χ0n) is 19.6. The molecule has 3 aromatic heterocycles. The van der Waals surface area contributed by atoms with Gasteiger partial charge in [0.05, 0.1) is 52.1 Å². The van der Waals surface area contributed by atoms with Gasteiger partial charge in [-0.3, -0.25) is 9.48 Å². The molecule has 0 aliphatic heterocycles. The highest BCUT2D eigenvalue weighted by atomic mass is 28.3. The average Bonchev–Trinajstić information content (AvgIpc) is 3.40. The summed E-state index contributed by atoms with van der Waals surface area (Å²) in [6.07, 6.45) is 7.01. The van der Waals surface area contributed by atoms with Crippen LogP contribution in [0.25, 0.3) is 16.9 Å². The van der Waals surface area contributed by atoms with Gasteiger partial charge in [-0.2, -0.15) is 10.2 Å². The van der Waals surface area contributed by atoms with Gasteiger partial charge in [-0.05, 0) is 24.3 Å². The van der Waals surface area contributed by atoms with Gasteiger partial charge in [0.1, 0.15) is 17.1 Å². The molecule has 11 heteroatoms. The Balaban J connectivity index is 1.67. The Bertz CT molecular complexity index is 1310. The van der Waals surface area contributed by atoms with E-state index >= 15 is 0 Å². The number of anilines is 1. The number of nitrogens with one attached hydrogen (secondary N) is 1. The second-order valence-corrected chi connectivity index (χ2v) is 14.4. The van der Waals surface area contributed by atoms with Gasteiger partial charge < -0.3 is 14.8 Å². The van der Waals surface area contributed by atoms with Gasteiger partial charge in [-0.1, -0.05) is 19.6 Å². The van der Waals surface area contributed by atoms with Crippen LogP contribution in [0.2, 0.25) is 19.6 Å². The van der Waals surface area contributed by atoms with E-state index < -0.39 is 19.8 Å². The Hall–Kier alpha value is -3.57. The van der Waals surface area contributed by atoms with Crippen molar-refractivity contribution >= 4 is 25.3 Å². The van der Waals surface area contributed by atoms with Gasteiger partial charge in [0.2, 0.25) is 0 Å². The summed E-state index contributed by atoms with van der Waals surface area (Å²) in [4.78, 5) is 17.3. The minimum absolute atomic E-state index is 0.309. The number of carbonyl (C=O) groups is 1. The number of fused-ring (bicyclic) bond motifs is 1. The molecule has 0 saturated carbocycles. The first-order chi connectivity index (χ1) is 16.3. The van der Waals surface area contributed by atoms with Gasteiger partial charge in [-0.15, -0.1) is 0 Å². The van der Waals surface area contributed by atoms with Crippen LogP contribution in [0.1, 0.15) is 10.4 Å². The normalized spacial score (nSPS) is 11.7. The molecule has 34 heavy (non-hydrogen) atoms. The molecular weight excluding hydrogens is 455 g/mol. The van der Waals surface area contributed by atoms with E-state index in [1.165, 1.54) is 36.2 Å². The number of aromatic nitrogens is 5. The minimum atomic E-state index is -1.36. The summed E-state index contributed by atoms with van der Waals surface area (Å²) >= 11 is 0. The number of benzene rings is 1. The highest BCUT2D eigenvalue weighted by Gasteiger charge is 2.22. The molecule has 0 atom stereocenters. The lowest BCUT2D eigenvalue weighted by Crippen LogP contribution is -2.29. The Kier molecular flexibility index (Phi) is 6.75. The monoisotopic (exact) mass is 482 g/mol. The van der Waals surface area contributed by atoms with Crippen molar-refractivity contribution in [3.63, 3.8) is 0 Å². The molecule has 1 N–H and O–H groups in total. The third-order valence-corrected chi connectivity index (χ3v) is 6.08. The minimum Gasteiger partial charge on any atom is -0.496 e. The maximum absolute atomic E-state index is 14.2. The lowest BCUT2D eigenvalue weighted by molar-refractivity contribution is 0.102. The molecule has 0 saturated heterocycles. The number of hydrogen-bond donors (Lipinski definition) is 1. The Morgan fingerprint density at radius 3 is 2.79 bits per heavy atom. The summed E-state index contributed by atoms with van der Waals surface area (Å²) in [5, 5.41) is 11.5. The van der Waals surface area contributed by atoms with Crippen LogP contribution < -0.4 is 10.1 Å². The summed E-state index contributed by atoms with van der Waals surface area (Å²) in [7, 11) is 0.154. The molecule has 1 amide bonds. The molecule has 0 aliphatic carbocycles. The van der Waals surface area contributed by atoms with Crippen LogP contribution in [0.4, 0.5) is 10.1 Å². The second-order valence-electron chi connectivity index (χ2n) is 8.99. The lowest BCUT2D eigenvalue weighted by Gasteiger charge is -2.17. The quantitative estimate of drug-likeness (QED) is 0.287. The van der Waals surface area contributed by atoms with Gasteiger partial charge in [-0.25, -0.2) is 13.9 Å². The average molecular weight is 483 g/mol. The molecule has 0 aliphatic rings. The highest BCUT2D eigenvalue weighted by molar-refractivity contribution is 6.76. The molecule has 0 unspecified atom stereocenters. The van der Waals surface area contributed by atoms with E-state index in [1.54, 1.807) is 29.2 Å². The van der Waals surface area contributed by atoms with Crippen molar-refractivity contribution < 1.29 is 18.7 Å². The largest absolute Gasteiger partial charge is 0.496 e. The molecular formula is C23H27FN6O3Si. The number of ether oxygens (including phenoxy) is 2. The predicted octanol–water partition coefficient (Wildman–Crippen LogP) is 3.89. The van der Waals surface area contributed by atoms with Crippen LogP contribution >= 0.6 is 0 Å². The second kappa shape index (κ2) is 9.73. The molecule has 9 nitrogen and oxygen atoms in total. The number of methoxy groups -OCH3 is 1. The number of hydrogen-bond acceptors (Lipinski definition) is 6. The summed E-state index contributed by atoms with van der Waals surface area (Å²) < 4.78 is 28.8. The van der Waals surface area contributed by atoms with Crippen LogP contribution in [0.5, 0.6) is 5.75 Å². The maximum atomic E-state index is 14.2. The lowest BCUT2D eigenvalue weighted by atomic mass is 10.1. The molecule has 0 bridgehead atoms. The Morgan fingerprint density at radius 2 is 2.03 bits per heavy atom. The Morgan fingerprint density at radius 1 is 1.21 bits per heavy atom. The SMILES string of the molecule is COc1ccc(F)cc1-c1c(NC(=O)c2cnn3cccnc23)cnn1CCOC[Si](C)(C)C. The standard InChI is InChI=1S/C23H27FN6O3Si/c1-32-20-7-6-16(24)12-17(20)21-19(14-27-29(21)10-11-33-15-34(2,3)4)28-23(31)18-13-26-30-9-5-8-25-22(18)30/h5-9,12-14H,10-11,15H2,1-4H3,(H,28,31). The number of nitrogens with zero attached hydrogens (tertiary/aromatic N) is 5. The van der Waals surface area contributed by atoms with Crippen molar-refractivity contribution in [1.82, 2.24) is 24.4 Å². The molecule has 4 rings (SSSR count). The van der Waals surface area contributed by atoms with E-state index in [0.29, 0.717) is 47.1 Å². The van der Waals surface area contributed by atoms with E-state index in [-0.39, 0.29) is 0 Å². The third-order valence-electron chi connectivity index (χ3n) is 5.01. The van der Waals surface area contributed by atoms with Crippen LogP contribution in [-0.4, -0.2) is 58.3 Å². The van der Waals surface area contributed by atoms with Gasteiger partial charge >= 0.3 is 0 Å². The molecule has 0 fully saturated rings. The smallest absolute Gasteiger partial charge is 0.261 e. The van der Waals surface area contributed by atoms with Gasteiger partial charge in [0, 0.05) is 24.2 Å². The fourth-order valence-corrected chi connectivity index (χ4v) is 4.26. The highest BCUT2D eigenvalue weighted by Crippen LogP contribution is 2.36.